The van der Waals surface area contributed by atoms with E-state index in [0.29, 0.717) is 36.3 Å². The van der Waals surface area contributed by atoms with Gasteiger partial charge in [0.15, 0.2) is 11.6 Å². The molecule has 4 rings (SSSR count). The molecule has 112 valence electrons. The van der Waals surface area contributed by atoms with Gasteiger partial charge in [-0.3, -0.25) is 4.90 Å². The molecule has 0 aliphatic carbocycles. The van der Waals surface area contributed by atoms with Crippen LogP contribution in [0.2, 0.25) is 0 Å². The van der Waals surface area contributed by atoms with Crippen LogP contribution in [0.1, 0.15) is 31.5 Å². The summed E-state index contributed by atoms with van der Waals surface area (Å²) >= 11 is 0. The molecule has 2 bridgehead atoms. The summed E-state index contributed by atoms with van der Waals surface area (Å²) in [6.45, 7) is 0.717. The van der Waals surface area contributed by atoms with Gasteiger partial charge < -0.3 is 14.3 Å². The van der Waals surface area contributed by atoms with Gasteiger partial charge in [0, 0.05) is 18.1 Å². The molecule has 2 aliphatic rings. The van der Waals surface area contributed by atoms with E-state index in [-0.39, 0.29) is 0 Å². The molecule has 2 aromatic heterocycles. The molecule has 0 radical (unpaired) electrons. The number of piperidine rings is 1. The Balaban J connectivity index is 1.41. The third-order valence-corrected chi connectivity index (χ3v) is 4.66. The molecule has 2 saturated heterocycles. The third-order valence-electron chi connectivity index (χ3n) is 4.66. The molecule has 21 heavy (non-hydrogen) atoms. The van der Waals surface area contributed by atoms with E-state index in [0.717, 1.165) is 5.82 Å². The monoisotopic (exact) mass is 288 g/mol. The fraction of sp³-hybridized carbons (Fsp3) is 0.600. The van der Waals surface area contributed by atoms with Crippen LogP contribution in [0.25, 0.3) is 11.7 Å². The Morgan fingerprint density at radius 2 is 2.14 bits per heavy atom. The zero-order valence-corrected chi connectivity index (χ0v) is 12.2. The maximum Gasteiger partial charge on any atom is 0.293 e. The molecule has 0 amide bonds. The van der Waals surface area contributed by atoms with Crippen molar-refractivity contribution >= 4 is 0 Å². The summed E-state index contributed by atoms with van der Waals surface area (Å²) in [5, 5.41) is 7.73. The molecule has 0 aromatic carbocycles. The summed E-state index contributed by atoms with van der Waals surface area (Å²) in [5.41, 5.74) is 0. The lowest BCUT2D eigenvalue weighted by molar-refractivity contribution is 0.161. The second-order valence-electron chi connectivity index (χ2n) is 6.17. The van der Waals surface area contributed by atoms with E-state index < -0.39 is 0 Å². The Morgan fingerprint density at radius 1 is 1.33 bits per heavy atom. The highest BCUT2D eigenvalue weighted by Gasteiger charge is 2.35. The molecule has 0 spiro atoms. The van der Waals surface area contributed by atoms with Gasteiger partial charge in [0.25, 0.3) is 5.89 Å². The number of rotatable bonds is 4. The summed E-state index contributed by atoms with van der Waals surface area (Å²) in [6.07, 6.45) is 6.68. The minimum atomic E-state index is 0.453. The Bertz CT molecular complexity index is 583. The number of aromatic nitrogens is 2. The zero-order valence-electron chi connectivity index (χ0n) is 12.2. The fourth-order valence-corrected chi connectivity index (χ4v) is 3.56. The number of nitrogens with one attached hydrogen (secondary N) is 1. The molecule has 2 unspecified atom stereocenters. The molecule has 2 aromatic rings. The third kappa shape index (κ3) is 2.61. The molecule has 1 N–H and O–H groups in total. The minimum absolute atomic E-state index is 0.453. The first kappa shape index (κ1) is 13.0. The predicted molar refractivity (Wildman–Crippen MR) is 76.4 cm³/mol. The number of hydrogen-bond donors (Lipinski definition) is 1. The highest BCUT2D eigenvalue weighted by molar-refractivity contribution is 5.42. The van der Waals surface area contributed by atoms with E-state index in [1.165, 1.54) is 25.7 Å². The SMILES string of the molecule is CN(Cc1noc(-c2ccco2)n1)C1CC2CCC(C1)N2. The van der Waals surface area contributed by atoms with Crippen molar-refractivity contribution < 1.29 is 8.94 Å². The maximum absolute atomic E-state index is 5.27. The van der Waals surface area contributed by atoms with E-state index in [2.05, 4.69) is 27.4 Å². The van der Waals surface area contributed by atoms with Gasteiger partial charge in [-0.05, 0) is 44.9 Å². The highest BCUT2D eigenvalue weighted by Crippen LogP contribution is 2.29. The quantitative estimate of drug-likeness (QED) is 0.928. The maximum atomic E-state index is 5.27. The molecule has 6 nitrogen and oxygen atoms in total. The Hall–Kier alpha value is -1.66. The molecule has 4 heterocycles. The van der Waals surface area contributed by atoms with E-state index in [9.17, 15) is 0 Å². The normalized spacial score (nSPS) is 28.4. The number of furan rings is 1. The average molecular weight is 288 g/mol. The predicted octanol–water partition coefficient (Wildman–Crippen LogP) is 2.04. The van der Waals surface area contributed by atoms with Gasteiger partial charge in [0.05, 0.1) is 12.8 Å². The molecule has 0 saturated carbocycles. The van der Waals surface area contributed by atoms with Crippen molar-refractivity contribution in [3.05, 3.63) is 24.2 Å². The van der Waals surface area contributed by atoms with Gasteiger partial charge in [-0.1, -0.05) is 5.16 Å². The van der Waals surface area contributed by atoms with Crippen molar-refractivity contribution in [2.75, 3.05) is 7.05 Å². The number of hydrogen-bond acceptors (Lipinski definition) is 6. The fourth-order valence-electron chi connectivity index (χ4n) is 3.56. The van der Waals surface area contributed by atoms with Gasteiger partial charge in [0.1, 0.15) is 0 Å². The molecular formula is C15H20N4O2. The molecule has 6 heteroatoms. The van der Waals surface area contributed by atoms with Gasteiger partial charge in [0.2, 0.25) is 0 Å². The van der Waals surface area contributed by atoms with Crippen molar-refractivity contribution in [3.8, 4) is 11.7 Å². The Morgan fingerprint density at radius 3 is 2.86 bits per heavy atom. The average Bonchev–Trinajstić information content (AvgIpc) is 3.20. The topological polar surface area (TPSA) is 67.3 Å². The second kappa shape index (κ2) is 5.27. The zero-order chi connectivity index (χ0) is 14.2. The smallest absolute Gasteiger partial charge is 0.293 e. The summed E-state index contributed by atoms with van der Waals surface area (Å²) in [5.74, 6) is 1.79. The van der Waals surface area contributed by atoms with Gasteiger partial charge in [-0.15, -0.1) is 0 Å². The van der Waals surface area contributed by atoms with Crippen LogP contribution >= 0.6 is 0 Å². The largest absolute Gasteiger partial charge is 0.459 e. The second-order valence-corrected chi connectivity index (χ2v) is 6.17. The first-order valence-corrected chi connectivity index (χ1v) is 7.60. The van der Waals surface area contributed by atoms with Crippen LogP contribution in [0.5, 0.6) is 0 Å². The standard InChI is InChI=1S/C15H20N4O2/c1-19(12-7-10-4-5-11(8-12)16-10)9-14-17-15(21-18-14)13-3-2-6-20-13/h2-3,6,10-12,16H,4-5,7-9H2,1H3. The highest BCUT2D eigenvalue weighted by atomic mass is 16.5. The lowest BCUT2D eigenvalue weighted by Crippen LogP contribution is -2.46. The van der Waals surface area contributed by atoms with Crippen LogP contribution in [-0.4, -0.2) is 40.2 Å². The van der Waals surface area contributed by atoms with E-state index in [4.69, 9.17) is 8.94 Å². The lowest BCUT2D eigenvalue weighted by Gasteiger charge is -2.34. The Labute approximate surface area is 123 Å². The van der Waals surface area contributed by atoms with E-state index in [1.54, 1.807) is 6.26 Å². The van der Waals surface area contributed by atoms with Crippen LogP contribution in [0.3, 0.4) is 0 Å². The van der Waals surface area contributed by atoms with Crippen molar-refractivity contribution in [1.29, 1.82) is 0 Å². The van der Waals surface area contributed by atoms with Gasteiger partial charge >= 0.3 is 0 Å². The first-order chi connectivity index (χ1) is 10.3. The van der Waals surface area contributed by atoms with Crippen LogP contribution in [0.15, 0.2) is 27.3 Å². The molecular weight excluding hydrogens is 268 g/mol. The molecule has 2 fully saturated rings. The number of fused-ring (bicyclic) bond motifs is 2. The van der Waals surface area contributed by atoms with Gasteiger partial charge in [-0.2, -0.15) is 4.98 Å². The Kier molecular flexibility index (Phi) is 3.27. The van der Waals surface area contributed by atoms with Crippen LogP contribution in [0.4, 0.5) is 0 Å². The van der Waals surface area contributed by atoms with Crippen molar-refractivity contribution in [2.45, 2.75) is 50.4 Å². The summed E-state index contributed by atoms with van der Waals surface area (Å²) in [4.78, 5) is 6.76. The van der Waals surface area contributed by atoms with Crippen LogP contribution in [0, 0.1) is 0 Å². The molecule has 2 aliphatic heterocycles. The van der Waals surface area contributed by atoms with Crippen LogP contribution < -0.4 is 5.32 Å². The van der Waals surface area contributed by atoms with E-state index in [1.807, 2.05) is 12.1 Å². The lowest BCUT2D eigenvalue weighted by atomic mass is 9.98. The first-order valence-electron chi connectivity index (χ1n) is 7.60. The van der Waals surface area contributed by atoms with Gasteiger partial charge in [-0.25, -0.2) is 0 Å². The van der Waals surface area contributed by atoms with Crippen molar-refractivity contribution in [3.63, 3.8) is 0 Å². The van der Waals surface area contributed by atoms with Crippen LogP contribution in [-0.2, 0) is 6.54 Å². The van der Waals surface area contributed by atoms with E-state index >= 15 is 0 Å². The minimum Gasteiger partial charge on any atom is -0.459 e. The van der Waals surface area contributed by atoms with Crippen molar-refractivity contribution in [1.82, 2.24) is 20.4 Å². The summed E-state index contributed by atoms with van der Waals surface area (Å²) in [7, 11) is 2.15. The number of nitrogens with zero attached hydrogens (tertiary/aromatic N) is 3. The summed E-state index contributed by atoms with van der Waals surface area (Å²) < 4.78 is 10.5. The van der Waals surface area contributed by atoms with Crippen molar-refractivity contribution in [2.24, 2.45) is 0 Å². The molecule has 2 atom stereocenters. The summed E-state index contributed by atoms with van der Waals surface area (Å²) in [6, 6.07) is 5.64.